The van der Waals surface area contributed by atoms with Gasteiger partial charge in [-0.15, -0.1) is 0 Å². The van der Waals surface area contributed by atoms with Gasteiger partial charge in [-0.25, -0.2) is 0 Å². The molecule has 0 spiro atoms. The molecule has 0 fully saturated rings. The van der Waals surface area contributed by atoms with E-state index in [1.807, 2.05) is 6.07 Å². The molecular weight excluding hydrogens is 234 g/mol. The number of aryl methyl sites for hydroxylation is 1. The fraction of sp³-hybridized carbons (Fsp3) is 0.294. The number of aliphatic hydroxyl groups is 1. The van der Waals surface area contributed by atoms with Gasteiger partial charge in [0.05, 0.1) is 6.61 Å². The third kappa shape index (κ3) is 2.02. The maximum absolute atomic E-state index is 9.21. The van der Waals surface area contributed by atoms with E-state index in [1.165, 1.54) is 22.5 Å². The highest BCUT2D eigenvalue weighted by Gasteiger charge is 2.27. The maximum atomic E-state index is 9.21. The van der Waals surface area contributed by atoms with Crippen molar-refractivity contribution < 1.29 is 5.11 Å². The minimum absolute atomic E-state index is 0.104. The SMILES string of the molecule is Cc1cc(CO)ccc1N1c2ccccc2CC1C. The Kier molecular flexibility index (Phi) is 3.03. The van der Waals surface area contributed by atoms with E-state index in [0.717, 1.165) is 12.0 Å². The summed E-state index contributed by atoms with van der Waals surface area (Å²) >= 11 is 0. The highest BCUT2D eigenvalue weighted by Crippen LogP contribution is 2.39. The Bertz CT molecular complexity index is 606. The van der Waals surface area contributed by atoms with Crippen molar-refractivity contribution in [2.45, 2.75) is 32.9 Å². The van der Waals surface area contributed by atoms with Crippen LogP contribution in [0.2, 0.25) is 0 Å². The molecule has 3 rings (SSSR count). The Morgan fingerprint density at radius 2 is 1.95 bits per heavy atom. The van der Waals surface area contributed by atoms with Crippen LogP contribution in [0.4, 0.5) is 11.4 Å². The van der Waals surface area contributed by atoms with Gasteiger partial charge in [0.15, 0.2) is 0 Å². The van der Waals surface area contributed by atoms with Crippen LogP contribution in [0.3, 0.4) is 0 Å². The average molecular weight is 253 g/mol. The zero-order valence-electron chi connectivity index (χ0n) is 11.4. The summed E-state index contributed by atoms with van der Waals surface area (Å²) in [5.74, 6) is 0. The van der Waals surface area contributed by atoms with Gasteiger partial charge in [-0.2, -0.15) is 0 Å². The summed E-state index contributed by atoms with van der Waals surface area (Å²) in [7, 11) is 0. The van der Waals surface area contributed by atoms with Crippen molar-refractivity contribution in [2.75, 3.05) is 4.90 Å². The molecular formula is C17H19NO. The quantitative estimate of drug-likeness (QED) is 0.884. The van der Waals surface area contributed by atoms with Gasteiger partial charge in [-0.1, -0.05) is 30.3 Å². The normalized spacial score (nSPS) is 17.6. The van der Waals surface area contributed by atoms with Crippen LogP contribution in [0.15, 0.2) is 42.5 Å². The molecule has 0 saturated heterocycles. The number of anilines is 2. The Hall–Kier alpha value is -1.80. The van der Waals surface area contributed by atoms with E-state index in [0.29, 0.717) is 6.04 Å². The van der Waals surface area contributed by atoms with E-state index in [1.54, 1.807) is 0 Å². The molecule has 0 aromatic heterocycles. The van der Waals surface area contributed by atoms with Crippen LogP contribution in [0.25, 0.3) is 0 Å². The molecule has 19 heavy (non-hydrogen) atoms. The molecule has 2 aromatic carbocycles. The minimum atomic E-state index is 0.104. The van der Waals surface area contributed by atoms with Gasteiger partial charge in [0, 0.05) is 17.4 Å². The summed E-state index contributed by atoms with van der Waals surface area (Å²) in [4.78, 5) is 2.41. The molecule has 1 aliphatic rings. The second-order valence-electron chi connectivity index (χ2n) is 5.33. The largest absolute Gasteiger partial charge is 0.392 e. The van der Waals surface area contributed by atoms with E-state index >= 15 is 0 Å². The van der Waals surface area contributed by atoms with Crippen molar-refractivity contribution in [2.24, 2.45) is 0 Å². The Labute approximate surface area is 114 Å². The van der Waals surface area contributed by atoms with Crippen molar-refractivity contribution in [3.8, 4) is 0 Å². The Balaban J connectivity index is 2.07. The van der Waals surface area contributed by atoms with Crippen LogP contribution in [0.5, 0.6) is 0 Å². The van der Waals surface area contributed by atoms with E-state index < -0.39 is 0 Å². The molecule has 0 amide bonds. The molecule has 2 nitrogen and oxygen atoms in total. The maximum Gasteiger partial charge on any atom is 0.0681 e. The zero-order valence-corrected chi connectivity index (χ0v) is 11.4. The lowest BCUT2D eigenvalue weighted by Gasteiger charge is -2.27. The summed E-state index contributed by atoms with van der Waals surface area (Å²) < 4.78 is 0. The van der Waals surface area contributed by atoms with Gasteiger partial charge in [-0.3, -0.25) is 0 Å². The van der Waals surface area contributed by atoms with E-state index in [2.05, 4.69) is 55.1 Å². The average Bonchev–Trinajstić information content (AvgIpc) is 2.75. The molecule has 0 bridgehead atoms. The van der Waals surface area contributed by atoms with Crippen molar-refractivity contribution in [1.82, 2.24) is 0 Å². The smallest absolute Gasteiger partial charge is 0.0681 e. The number of aliphatic hydroxyl groups excluding tert-OH is 1. The highest BCUT2D eigenvalue weighted by atomic mass is 16.3. The van der Waals surface area contributed by atoms with E-state index in [9.17, 15) is 5.11 Å². The first-order valence-electron chi connectivity index (χ1n) is 6.78. The molecule has 0 saturated carbocycles. The van der Waals surface area contributed by atoms with Crippen LogP contribution in [0.1, 0.15) is 23.6 Å². The van der Waals surface area contributed by atoms with Crippen LogP contribution >= 0.6 is 0 Å². The first kappa shape index (κ1) is 12.2. The number of fused-ring (bicyclic) bond motifs is 1. The van der Waals surface area contributed by atoms with Gasteiger partial charge in [0.2, 0.25) is 0 Å². The number of nitrogens with zero attached hydrogens (tertiary/aromatic N) is 1. The standard InChI is InChI=1S/C17H19NO/c1-12-9-14(11-19)7-8-16(12)18-13(2)10-15-5-3-4-6-17(15)18/h3-9,13,19H,10-11H2,1-2H3. The van der Waals surface area contributed by atoms with E-state index in [4.69, 9.17) is 0 Å². The van der Waals surface area contributed by atoms with Gasteiger partial charge < -0.3 is 10.0 Å². The molecule has 98 valence electrons. The summed E-state index contributed by atoms with van der Waals surface area (Å²) in [6, 6.07) is 15.3. The fourth-order valence-electron chi connectivity index (χ4n) is 3.02. The molecule has 1 N–H and O–H groups in total. The van der Waals surface area contributed by atoms with Crippen LogP contribution in [-0.2, 0) is 13.0 Å². The molecule has 1 aliphatic heterocycles. The van der Waals surface area contributed by atoms with Crippen molar-refractivity contribution >= 4 is 11.4 Å². The monoisotopic (exact) mass is 253 g/mol. The summed E-state index contributed by atoms with van der Waals surface area (Å²) in [5.41, 5.74) is 6.17. The summed E-state index contributed by atoms with van der Waals surface area (Å²) in [5, 5.41) is 9.21. The number of hydrogen-bond donors (Lipinski definition) is 1. The minimum Gasteiger partial charge on any atom is -0.392 e. The van der Waals surface area contributed by atoms with Crippen molar-refractivity contribution in [3.63, 3.8) is 0 Å². The first-order chi connectivity index (χ1) is 9.20. The highest BCUT2D eigenvalue weighted by molar-refractivity contribution is 5.73. The molecule has 2 aromatic rings. The third-order valence-electron chi connectivity index (χ3n) is 3.91. The lowest BCUT2D eigenvalue weighted by atomic mass is 10.1. The van der Waals surface area contributed by atoms with Gasteiger partial charge in [0.25, 0.3) is 0 Å². The van der Waals surface area contributed by atoms with Gasteiger partial charge in [0.1, 0.15) is 0 Å². The van der Waals surface area contributed by atoms with Crippen LogP contribution < -0.4 is 4.90 Å². The van der Waals surface area contributed by atoms with Crippen molar-refractivity contribution in [3.05, 3.63) is 59.2 Å². The number of benzene rings is 2. The van der Waals surface area contributed by atoms with Crippen LogP contribution in [0, 0.1) is 6.92 Å². The number of para-hydroxylation sites is 1. The topological polar surface area (TPSA) is 23.5 Å². The predicted octanol–water partition coefficient (Wildman–Crippen LogP) is 3.57. The molecule has 2 heteroatoms. The fourth-order valence-corrected chi connectivity index (χ4v) is 3.02. The third-order valence-corrected chi connectivity index (χ3v) is 3.91. The molecule has 0 aliphatic carbocycles. The van der Waals surface area contributed by atoms with Crippen LogP contribution in [-0.4, -0.2) is 11.1 Å². The Morgan fingerprint density at radius 1 is 1.16 bits per heavy atom. The van der Waals surface area contributed by atoms with Crippen molar-refractivity contribution in [1.29, 1.82) is 0 Å². The first-order valence-corrected chi connectivity index (χ1v) is 6.78. The summed E-state index contributed by atoms with van der Waals surface area (Å²) in [6.45, 7) is 4.48. The molecule has 1 heterocycles. The lowest BCUT2D eigenvalue weighted by molar-refractivity contribution is 0.282. The zero-order chi connectivity index (χ0) is 13.4. The Morgan fingerprint density at radius 3 is 2.68 bits per heavy atom. The summed E-state index contributed by atoms with van der Waals surface area (Å²) in [6.07, 6.45) is 1.09. The second kappa shape index (κ2) is 4.71. The predicted molar refractivity (Wildman–Crippen MR) is 78.8 cm³/mol. The number of hydrogen-bond acceptors (Lipinski definition) is 2. The van der Waals surface area contributed by atoms with E-state index in [-0.39, 0.29) is 6.61 Å². The van der Waals surface area contributed by atoms with Gasteiger partial charge in [-0.05, 0) is 49.1 Å². The van der Waals surface area contributed by atoms with Gasteiger partial charge >= 0.3 is 0 Å². The molecule has 1 atom stereocenters. The molecule has 0 radical (unpaired) electrons. The second-order valence-corrected chi connectivity index (χ2v) is 5.33. The molecule has 1 unspecified atom stereocenters. The number of rotatable bonds is 2. The lowest BCUT2D eigenvalue weighted by Crippen LogP contribution is -2.24.